The summed E-state index contributed by atoms with van der Waals surface area (Å²) in [5, 5.41) is 8.67. The fourth-order valence-electron chi connectivity index (χ4n) is 1.51. The Bertz CT molecular complexity index is 431. The lowest BCUT2D eigenvalue weighted by atomic mass is 10.0. The second-order valence-electron chi connectivity index (χ2n) is 3.04. The van der Waals surface area contributed by atoms with Gasteiger partial charge in [-0.25, -0.2) is 0 Å². The third kappa shape index (κ3) is 1.87. The lowest BCUT2D eigenvalue weighted by Gasteiger charge is -2.17. The third-order valence-electron chi connectivity index (χ3n) is 2.16. The molecule has 2 rings (SSSR count). The van der Waals surface area contributed by atoms with Gasteiger partial charge in [-0.05, 0) is 35.8 Å². The fraction of sp³-hybridized carbons (Fsp3) is 0.182. The van der Waals surface area contributed by atoms with Crippen LogP contribution in [-0.4, -0.2) is 5.75 Å². The number of benzene rings is 1. The number of rotatable bonds is 0. The van der Waals surface area contributed by atoms with Gasteiger partial charge in [-0.3, -0.25) is 0 Å². The van der Waals surface area contributed by atoms with Crippen molar-refractivity contribution in [1.29, 1.82) is 5.26 Å². The lowest BCUT2D eigenvalue weighted by molar-refractivity contribution is 1.18. The minimum Gasteiger partial charge on any atom is -0.193 e. The molecule has 1 aliphatic heterocycles. The smallest absolute Gasteiger partial charge is 0.0915 e. The van der Waals surface area contributed by atoms with Crippen LogP contribution in [0, 0.1) is 11.3 Å². The van der Waals surface area contributed by atoms with Gasteiger partial charge >= 0.3 is 0 Å². The number of nitrogens with zero attached hydrogens (tertiary/aromatic N) is 1. The van der Waals surface area contributed by atoms with E-state index in [4.69, 9.17) is 5.26 Å². The van der Waals surface area contributed by atoms with Crippen molar-refractivity contribution < 1.29 is 0 Å². The maximum absolute atomic E-state index is 8.67. The number of hydrogen-bond donors (Lipinski definition) is 0. The van der Waals surface area contributed by atoms with Gasteiger partial charge in [0.2, 0.25) is 0 Å². The monoisotopic (exact) mass is 265 g/mol. The van der Waals surface area contributed by atoms with Gasteiger partial charge in [-0.1, -0.05) is 15.9 Å². The molecule has 0 amide bonds. The Balaban J connectivity index is 2.53. The van der Waals surface area contributed by atoms with E-state index in [1.807, 2.05) is 17.8 Å². The molecule has 0 bridgehead atoms. The van der Waals surface area contributed by atoms with E-state index >= 15 is 0 Å². The molecule has 1 heterocycles. The van der Waals surface area contributed by atoms with E-state index in [-0.39, 0.29) is 0 Å². The summed E-state index contributed by atoms with van der Waals surface area (Å²) in [5.41, 5.74) is 2.36. The summed E-state index contributed by atoms with van der Waals surface area (Å²) in [5.74, 6) is 1.07. The Kier molecular flexibility index (Phi) is 2.95. The Morgan fingerprint density at radius 3 is 3.14 bits per heavy atom. The van der Waals surface area contributed by atoms with E-state index in [0.717, 1.165) is 22.2 Å². The van der Waals surface area contributed by atoms with Crippen molar-refractivity contribution in [3.05, 3.63) is 34.3 Å². The first-order chi connectivity index (χ1) is 6.81. The van der Waals surface area contributed by atoms with Crippen LogP contribution in [0.1, 0.15) is 12.0 Å². The molecule has 0 spiro atoms. The molecule has 70 valence electrons. The number of hydrogen-bond acceptors (Lipinski definition) is 2. The molecule has 0 aromatic heterocycles. The zero-order valence-electron chi connectivity index (χ0n) is 7.46. The van der Waals surface area contributed by atoms with Crippen LogP contribution in [0.3, 0.4) is 0 Å². The second kappa shape index (κ2) is 4.20. The lowest BCUT2D eigenvalue weighted by Crippen LogP contribution is -1.97. The average Bonchev–Trinajstić information content (AvgIpc) is 2.19. The number of allylic oxidation sites excluding steroid dienone is 2. The van der Waals surface area contributed by atoms with Crippen LogP contribution >= 0.6 is 27.7 Å². The number of thioether (sulfide) groups is 1. The van der Waals surface area contributed by atoms with E-state index < -0.39 is 0 Å². The van der Waals surface area contributed by atoms with E-state index in [1.54, 1.807) is 6.08 Å². The molecule has 1 aliphatic rings. The molecule has 14 heavy (non-hydrogen) atoms. The van der Waals surface area contributed by atoms with Crippen LogP contribution in [0.4, 0.5) is 0 Å². The first kappa shape index (κ1) is 9.82. The minimum absolute atomic E-state index is 0.988. The summed E-state index contributed by atoms with van der Waals surface area (Å²) in [7, 11) is 0. The second-order valence-corrected chi connectivity index (χ2v) is 5.09. The maximum atomic E-state index is 8.67. The molecule has 0 aliphatic carbocycles. The van der Waals surface area contributed by atoms with Crippen molar-refractivity contribution in [3.63, 3.8) is 0 Å². The molecule has 1 aromatic carbocycles. The van der Waals surface area contributed by atoms with Crippen LogP contribution in [0.5, 0.6) is 0 Å². The van der Waals surface area contributed by atoms with Crippen LogP contribution in [-0.2, 0) is 0 Å². The number of nitriles is 1. The van der Waals surface area contributed by atoms with Crippen molar-refractivity contribution in [2.75, 3.05) is 5.75 Å². The fourth-order valence-corrected chi connectivity index (χ4v) is 2.93. The average molecular weight is 266 g/mol. The molecular weight excluding hydrogens is 258 g/mol. The Hall–Kier alpha value is -0.720. The minimum atomic E-state index is 0.988. The highest BCUT2D eigenvalue weighted by Crippen LogP contribution is 2.37. The third-order valence-corrected chi connectivity index (χ3v) is 3.72. The van der Waals surface area contributed by atoms with Crippen molar-refractivity contribution in [2.45, 2.75) is 11.3 Å². The molecule has 3 heteroatoms. The zero-order valence-corrected chi connectivity index (χ0v) is 9.86. The summed E-state index contributed by atoms with van der Waals surface area (Å²) in [6, 6.07) is 8.35. The summed E-state index contributed by atoms with van der Waals surface area (Å²) < 4.78 is 1.07. The molecule has 0 radical (unpaired) electrons. The molecule has 0 saturated carbocycles. The summed E-state index contributed by atoms with van der Waals surface area (Å²) in [6.45, 7) is 0. The van der Waals surface area contributed by atoms with Gasteiger partial charge in [-0.15, -0.1) is 11.8 Å². The number of fused-ring (bicyclic) bond motifs is 1. The molecule has 1 aromatic rings. The van der Waals surface area contributed by atoms with Crippen molar-refractivity contribution >= 4 is 33.3 Å². The largest absolute Gasteiger partial charge is 0.193 e. The van der Waals surface area contributed by atoms with Gasteiger partial charge in [0, 0.05) is 21.2 Å². The van der Waals surface area contributed by atoms with Gasteiger partial charge in [-0.2, -0.15) is 5.26 Å². The predicted octanol–water partition coefficient (Wildman–Crippen LogP) is 3.85. The molecular formula is C11H8BrNS. The highest BCUT2D eigenvalue weighted by molar-refractivity contribution is 9.10. The van der Waals surface area contributed by atoms with Gasteiger partial charge in [0.25, 0.3) is 0 Å². The summed E-state index contributed by atoms with van der Waals surface area (Å²) in [4.78, 5) is 1.28. The van der Waals surface area contributed by atoms with Crippen LogP contribution in [0.15, 0.2) is 33.6 Å². The quantitative estimate of drug-likeness (QED) is 0.666. The Labute approximate surface area is 95.9 Å². The first-order valence-electron chi connectivity index (χ1n) is 4.32. The Morgan fingerprint density at radius 1 is 1.50 bits per heavy atom. The molecule has 0 unspecified atom stereocenters. The molecule has 0 saturated heterocycles. The van der Waals surface area contributed by atoms with E-state index in [1.165, 1.54) is 10.5 Å². The van der Waals surface area contributed by atoms with Crippen molar-refractivity contribution in [2.24, 2.45) is 0 Å². The zero-order chi connectivity index (χ0) is 9.97. The van der Waals surface area contributed by atoms with Crippen LogP contribution < -0.4 is 0 Å². The molecule has 0 fully saturated rings. The summed E-state index contributed by atoms with van der Waals surface area (Å²) in [6.07, 6.45) is 2.65. The first-order valence-corrected chi connectivity index (χ1v) is 6.10. The summed E-state index contributed by atoms with van der Waals surface area (Å²) >= 11 is 5.31. The van der Waals surface area contributed by atoms with Gasteiger partial charge in [0.15, 0.2) is 0 Å². The van der Waals surface area contributed by atoms with E-state index in [9.17, 15) is 0 Å². The highest BCUT2D eigenvalue weighted by atomic mass is 79.9. The highest BCUT2D eigenvalue weighted by Gasteiger charge is 2.14. The van der Waals surface area contributed by atoms with Crippen molar-refractivity contribution in [1.82, 2.24) is 0 Å². The topological polar surface area (TPSA) is 23.8 Å². The maximum Gasteiger partial charge on any atom is 0.0915 e. The normalized spacial score (nSPS) is 17.6. The van der Waals surface area contributed by atoms with Crippen molar-refractivity contribution in [3.8, 4) is 6.07 Å². The molecule has 0 atom stereocenters. The van der Waals surface area contributed by atoms with Crippen LogP contribution in [0.25, 0.3) is 5.57 Å². The predicted molar refractivity (Wildman–Crippen MR) is 63.1 cm³/mol. The van der Waals surface area contributed by atoms with Gasteiger partial charge < -0.3 is 0 Å². The van der Waals surface area contributed by atoms with Gasteiger partial charge in [0.1, 0.15) is 0 Å². The Morgan fingerprint density at radius 2 is 2.36 bits per heavy atom. The van der Waals surface area contributed by atoms with E-state index in [0.29, 0.717) is 0 Å². The SMILES string of the molecule is N#C/C=C1/CCSc2ccc(Br)cc21. The standard InChI is InChI=1S/C11H8BrNS/c12-9-1-2-11-10(7-9)8(3-5-13)4-6-14-11/h1-3,7H,4,6H2/b8-3-. The number of halogens is 1. The van der Waals surface area contributed by atoms with Gasteiger partial charge in [0.05, 0.1) is 6.07 Å². The van der Waals surface area contributed by atoms with E-state index in [2.05, 4.69) is 34.1 Å². The van der Waals surface area contributed by atoms with Crippen LogP contribution in [0.2, 0.25) is 0 Å². The molecule has 0 N–H and O–H groups in total. The molecule has 1 nitrogen and oxygen atoms in total.